The van der Waals surface area contributed by atoms with Crippen molar-refractivity contribution in [1.29, 1.82) is 0 Å². The van der Waals surface area contributed by atoms with Crippen molar-refractivity contribution in [3.63, 3.8) is 0 Å². The molecule has 4 aromatic heterocycles. The first-order valence-corrected chi connectivity index (χ1v) is 22.0. The molecule has 4 heterocycles. The van der Waals surface area contributed by atoms with Crippen LogP contribution in [0.5, 0.6) is 0 Å². The predicted molar refractivity (Wildman–Crippen MR) is 259 cm³/mol. The van der Waals surface area contributed by atoms with E-state index in [9.17, 15) is 0 Å². The van der Waals surface area contributed by atoms with Crippen LogP contribution in [0.4, 0.5) is 0 Å². The molecule has 0 N–H and O–H groups in total. The van der Waals surface area contributed by atoms with Crippen LogP contribution < -0.4 is 0 Å². The van der Waals surface area contributed by atoms with Gasteiger partial charge in [0.2, 0.25) is 0 Å². The zero-order valence-corrected chi connectivity index (χ0v) is 34.9. The molecular weight excluding hydrogens is 795 g/mol. The van der Waals surface area contributed by atoms with Gasteiger partial charge in [-0.15, -0.1) is 0 Å². The van der Waals surface area contributed by atoms with Crippen molar-refractivity contribution in [2.45, 2.75) is 5.41 Å². The third-order valence-electron chi connectivity index (χ3n) is 13.5. The molecule has 1 spiro atoms. The van der Waals surface area contributed by atoms with E-state index in [-0.39, 0.29) is 0 Å². The highest BCUT2D eigenvalue weighted by molar-refractivity contribution is 6.06. The molecule has 0 bridgehead atoms. The summed E-state index contributed by atoms with van der Waals surface area (Å²) in [4.78, 5) is 20.9. The summed E-state index contributed by atoms with van der Waals surface area (Å²) in [6.45, 7) is 0. The summed E-state index contributed by atoms with van der Waals surface area (Å²) in [5, 5.41) is 2.13. The molecule has 6 nitrogen and oxygen atoms in total. The van der Waals surface area contributed by atoms with Gasteiger partial charge >= 0.3 is 0 Å². The van der Waals surface area contributed by atoms with Gasteiger partial charge in [0.1, 0.15) is 16.8 Å². The number of nitrogens with zero attached hydrogens (tertiary/aromatic N) is 5. The maximum Gasteiger partial charge on any atom is 0.164 e. The molecule has 302 valence electrons. The van der Waals surface area contributed by atoms with E-state index in [0.717, 1.165) is 66.8 Å². The lowest BCUT2D eigenvalue weighted by Crippen LogP contribution is -2.25. The van der Waals surface area contributed by atoms with Gasteiger partial charge in [0.15, 0.2) is 17.5 Å². The smallest absolute Gasteiger partial charge is 0.164 e. The van der Waals surface area contributed by atoms with Gasteiger partial charge in [-0.25, -0.2) is 19.9 Å². The first-order chi connectivity index (χ1) is 32.2. The minimum absolute atomic E-state index is 0.494. The Kier molecular flexibility index (Phi) is 7.51. The fraction of sp³-hybridized carbons (Fsp3) is 0.0169. The Hall–Kier alpha value is -8.74. The summed E-state index contributed by atoms with van der Waals surface area (Å²) in [6, 6.07) is 72.8. The second-order valence-electron chi connectivity index (χ2n) is 16.9. The predicted octanol–water partition coefficient (Wildman–Crippen LogP) is 14.1. The molecule has 0 atom stereocenters. The van der Waals surface area contributed by atoms with E-state index in [1.807, 2.05) is 42.5 Å². The normalized spacial score (nSPS) is 13.0. The van der Waals surface area contributed by atoms with Crippen LogP contribution >= 0.6 is 0 Å². The standard InChI is InChI=1S/C59H35N5O/c1-2-14-36(15-3-1)54-55(64-33-13-12-24-53(64)60-54)37-25-27-38(28-26-37)56-61-57(63-58(62-56)40-30-32-46-45-19-7-11-23-51(45)65-52(46)35-40)39-29-31-44-43-18-6-10-22-49(43)59(50(44)34-39)47-20-8-4-16-41(47)42-17-5-9-21-48(42)59/h1-35H. The highest BCUT2D eigenvalue weighted by atomic mass is 16.3. The number of benzene rings is 8. The Morgan fingerprint density at radius 1 is 0.354 bits per heavy atom. The van der Waals surface area contributed by atoms with Gasteiger partial charge in [-0.1, -0.05) is 170 Å². The van der Waals surface area contributed by atoms with Crippen LogP contribution in [-0.4, -0.2) is 24.3 Å². The summed E-state index contributed by atoms with van der Waals surface area (Å²) < 4.78 is 8.54. The van der Waals surface area contributed by atoms with Crippen LogP contribution in [0.15, 0.2) is 217 Å². The average molecular weight is 830 g/mol. The van der Waals surface area contributed by atoms with Gasteiger partial charge in [-0.2, -0.15) is 0 Å². The molecule has 14 rings (SSSR count). The summed E-state index contributed by atoms with van der Waals surface area (Å²) in [6.07, 6.45) is 2.07. The maximum atomic E-state index is 6.38. The molecular formula is C59H35N5O. The molecule has 2 aliphatic carbocycles. The van der Waals surface area contributed by atoms with Crippen LogP contribution in [0.1, 0.15) is 22.3 Å². The van der Waals surface area contributed by atoms with E-state index in [1.54, 1.807) is 0 Å². The minimum atomic E-state index is -0.494. The number of aromatic nitrogens is 5. The third-order valence-corrected chi connectivity index (χ3v) is 13.5. The third kappa shape index (κ3) is 5.16. The van der Waals surface area contributed by atoms with Crippen LogP contribution in [0.2, 0.25) is 0 Å². The molecule has 12 aromatic rings. The lowest BCUT2D eigenvalue weighted by Gasteiger charge is -2.30. The van der Waals surface area contributed by atoms with Crippen molar-refractivity contribution in [2.24, 2.45) is 0 Å². The maximum absolute atomic E-state index is 6.38. The minimum Gasteiger partial charge on any atom is -0.456 e. The summed E-state index contributed by atoms with van der Waals surface area (Å²) in [5.74, 6) is 1.75. The Balaban J connectivity index is 0.961. The topological polar surface area (TPSA) is 69.1 Å². The molecule has 0 unspecified atom stereocenters. The van der Waals surface area contributed by atoms with Crippen molar-refractivity contribution in [1.82, 2.24) is 24.3 Å². The number of hydrogen-bond acceptors (Lipinski definition) is 5. The van der Waals surface area contributed by atoms with E-state index >= 15 is 0 Å². The second-order valence-corrected chi connectivity index (χ2v) is 16.9. The molecule has 6 heteroatoms. The van der Waals surface area contributed by atoms with Crippen molar-refractivity contribution in [3.05, 3.63) is 235 Å². The Bertz CT molecular complexity index is 3840. The molecule has 65 heavy (non-hydrogen) atoms. The van der Waals surface area contributed by atoms with E-state index in [4.69, 9.17) is 24.4 Å². The zero-order valence-electron chi connectivity index (χ0n) is 34.9. The van der Waals surface area contributed by atoms with E-state index in [0.29, 0.717) is 17.5 Å². The van der Waals surface area contributed by atoms with Gasteiger partial charge in [0.05, 0.1) is 16.8 Å². The molecule has 0 saturated carbocycles. The van der Waals surface area contributed by atoms with Gasteiger partial charge in [-0.3, -0.25) is 4.40 Å². The number of hydrogen-bond donors (Lipinski definition) is 0. The molecule has 0 saturated heterocycles. The van der Waals surface area contributed by atoms with Crippen molar-refractivity contribution < 1.29 is 4.42 Å². The number of imidazole rings is 1. The number of furan rings is 1. The van der Waals surface area contributed by atoms with Crippen LogP contribution in [0.3, 0.4) is 0 Å². The first kappa shape index (κ1) is 35.8. The van der Waals surface area contributed by atoms with Crippen molar-refractivity contribution in [3.8, 4) is 78.9 Å². The quantitative estimate of drug-likeness (QED) is 0.173. The summed E-state index contributed by atoms with van der Waals surface area (Å²) in [5.41, 5.74) is 18.8. The Labute approximate surface area is 373 Å². The number of para-hydroxylation sites is 1. The molecule has 2 aliphatic rings. The van der Waals surface area contributed by atoms with Gasteiger partial charge in [0, 0.05) is 44.8 Å². The number of fused-ring (bicyclic) bond motifs is 14. The van der Waals surface area contributed by atoms with E-state index in [2.05, 4.69) is 174 Å². The highest BCUT2D eigenvalue weighted by Crippen LogP contribution is 2.63. The largest absolute Gasteiger partial charge is 0.456 e. The number of pyridine rings is 1. The van der Waals surface area contributed by atoms with Gasteiger partial charge in [0.25, 0.3) is 0 Å². The highest BCUT2D eigenvalue weighted by Gasteiger charge is 2.51. The van der Waals surface area contributed by atoms with Crippen molar-refractivity contribution >= 4 is 27.6 Å². The zero-order chi connectivity index (χ0) is 42.6. The second kappa shape index (κ2) is 13.6. The summed E-state index contributed by atoms with van der Waals surface area (Å²) >= 11 is 0. The Morgan fingerprint density at radius 2 is 0.877 bits per heavy atom. The molecule has 8 aromatic carbocycles. The van der Waals surface area contributed by atoms with Crippen LogP contribution in [0.25, 0.3) is 107 Å². The molecule has 0 amide bonds. The molecule has 0 fully saturated rings. The van der Waals surface area contributed by atoms with Gasteiger partial charge in [-0.05, 0) is 80.9 Å². The fourth-order valence-corrected chi connectivity index (χ4v) is 10.7. The monoisotopic (exact) mass is 829 g/mol. The summed E-state index contributed by atoms with van der Waals surface area (Å²) in [7, 11) is 0. The Morgan fingerprint density at radius 3 is 1.58 bits per heavy atom. The fourth-order valence-electron chi connectivity index (χ4n) is 10.7. The van der Waals surface area contributed by atoms with Crippen LogP contribution in [0, 0.1) is 0 Å². The van der Waals surface area contributed by atoms with Crippen LogP contribution in [-0.2, 0) is 5.41 Å². The lowest BCUT2D eigenvalue weighted by molar-refractivity contribution is 0.669. The SMILES string of the molecule is c1ccc(-c2nc3ccccn3c2-c2ccc(-c3nc(-c4ccc5c(c4)C4(c6ccccc6-c6ccccc64)c4ccccc4-5)nc(-c4ccc5c(c4)oc4ccccc45)n3)cc2)cc1. The molecule has 0 aliphatic heterocycles. The average Bonchev–Trinajstić information content (AvgIpc) is 4.12. The first-order valence-electron chi connectivity index (χ1n) is 22.0. The van der Waals surface area contributed by atoms with E-state index in [1.165, 1.54) is 44.5 Å². The molecule has 0 radical (unpaired) electrons. The number of rotatable bonds is 5. The van der Waals surface area contributed by atoms with E-state index < -0.39 is 5.41 Å². The lowest BCUT2D eigenvalue weighted by atomic mass is 9.70. The van der Waals surface area contributed by atoms with Gasteiger partial charge < -0.3 is 4.42 Å². The van der Waals surface area contributed by atoms with Crippen molar-refractivity contribution in [2.75, 3.05) is 0 Å².